The molecule has 3 heterocycles. The number of piperidine rings is 3. The number of sulfonamides is 1. The summed E-state index contributed by atoms with van der Waals surface area (Å²) in [5, 5.41) is 8.95. The van der Waals surface area contributed by atoms with Crippen LogP contribution in [-0.2, 0) is 16.6 Å². The normalized spacial score (nSPS) is 28.8. The number of fused-ring (bicyclic) bond motifs is 3. The molecule has 1 aromatic carbocycles. The van der Waals surface area contributed by atoms with Gasteiger partial charge in [-0.1, -0.05) is 6.07 Å². The molecule has 3 fully saturated rings. The highest BCUT2D eigenvalue weighted by Gasteiger charge is 2.37. The number of hydrogen-bond acceptors (Lipinski definition) is 4. The van der Waals surface area contributed by atoms with E-state index in [1.807, 2.05) is 0 Å². The fourth-order valence-corrected chi connectivity index (χ4v) is 4.58. The molecule has 0 spiro atoms. The minimum Gasteiger partial charge on any atom is -0.392 e. The number of aliphatic hydroxyl groups excluding tert-OH is 1. The quantitative estimate of drug-likeness (QED) is 0.858. The van der Waals surface area contributed by atoms with Gasteiger partial charge in [0, 0.05) is 12.6 Å². The first-order valence-corrected chi connectivity index (χ1v) is 8.62. The van der Waals surface area contributed by atoms with Crippen LogP contribution < -0.4 is 4.72 Å². The van der Waals surface area contributed by atoms with Gasteiger partial charge in [0.1, 0.15) is 10.7 Å². The first-order valence-electron chi connectivity index (χ1n) is 7.13. The Morgan fingerprint density at radius 2 is 2.05 bits per heavy atom. The second kappa shape index (κ2) is 5.64. The monoisotopic (exact) mass is 314 g/mol. The molecule has 3 aliphatic rings. The summed E-state index contributed by atoms with van der Waals surface area (Å²) in [5.41, 5.74) is 0.356. The number of rotatable bonds is 4. The van der Waals surface area contributed by atoms with Crippen LogP contribution in [0.1, 0.15) is 18.4 Å². The Bertz CT molecular complexity index is 627. The van der Waals surface area contributed by atoms with E-state index in [1.54, 1.807) is 0 Å². The van der Waals surface area contributed by atoms with Crippen LogP contribution in [0.25, 0.3) is 0 Å². The molecule has 1 atom stereocenters. The second-order valence-corrected chi connectivity index (χ2v) is 7.47. The highest BCUT2D eigenvalue weighted by Crippen LogP contribution is 2.29. The van der Waals surface area contributed by atoms with Crippen molar-refractivity contribution in [1.29, 1.82) is 0 Å². The zero-order valence-corrected chi connectivity index (χ0v) is 12.4. The number of halogens is 1. The minimum absolute atomic E-state index is 0.144. The molecule has 116 valence electrons. The first kappa shape index (κ1) is 14.9. The van der Waals surface area contributed by atoms with Gasteiger partial charge >= 0.3 is 0 Å². The number of hydrogen-bond donors (Lipinski definition) is 2. The average molecular weight is 314 g/mol. The van der Waals surface area contributed by atoms with Crippen LogP contribution in [-0.4, -0.2) is 44.1 Å². The molecule has 3 aliphatic heterocycles. The molecule has 1 unspecified atom stereocenters. The van der Waals surface area contributed by atoms with Crippen molar-refractivity contribution in [1.82, 2.24) is 9.62 Å². The van der Waals surface area contributed by atoms with Crippen LogP contribution in [0, 0.1) is 11.7 Å². The minimum atomic E-state index is -3.87. The Morgan fingerprint density at radius 1 is 1.33 bits per heavy atom. The highest BCUT2D eigenvalue weighted by atomic mass is 32.2. The van der Waals surface area contributed by atoms with Crippen molar-refractivity contribution < 1.29 is 17.9 Å². The predicted molar refractivity (Wildman–Crippen MR) is 75.6 cm³/mol. The summed E-state index contributed by atoms with van der Waals surface area (Å²) in [4.78, 5) is 1.88. The molecule has 3 saturated heterocycles. The van der Waals surface area contributed by atoms with Crippen molar-refractivity contribution in [2.45, 2.75) is 30.4 Å². The summed E-state index contributed by atoms with van der Waals surface area (Å²) in [6.45, 7) is 2.41. The van der Waals surface area contributed by atoms with Gasteiger partial charge in [-0.2, -0.15) is 0 Å². The molecule has 2 bridgehead atoms. The second-order valence-electron chi connectivity index (χ2n) is 5.79. The number of nitrogens with zero attached hydrogens (tertiary/aromatic N) is 1. The zero-order chi connectivity index (χ0) is 15.0. The van der Waals surface area contributed by atoms with E-state index in [2.05, 4.69) is 9.62 Å². The zero-order valence-electron chi connectivity index (χ0n) is 11.6. The molecule has 7 heteroatoms. The van der Waals surface area contributed by atoms with Crippen molar-refractivity contribution in [3.8, 4) is 0 Å². The molecule has 0 radical (unpaired) electrons. The third-order valence-corrected chi connectivity index (χ3v) is 5.95. The lowest BCUT2D eigenvalue weighted by Crippen LogP contribution is -2.57. The average Bonchev–Trinajstić information content (AvgIpc) is 2.47. The van der Waals surface area contributed by atoms with Gasteiger partial charge in [0.15, 0.2) is 0 Å². The van der Waals surface area contributed by atoms with Gasteiger partial charge in [-0.25, -0.2) is 17.5 Å². The molecule has 0 aromatic heterocycles. The van der Waals surface area contributed by atoms with Crippen molar-refractivity contribution in [2.24, 2.45) is 5.92 Å². The summed E-state index contributed by atoms with van der Waals surface area (Å²) in [7, 11) is -3.87. The van der Waals surface area contributed by atoms with Crippen LogP contribution in [0.3, 0.4) is 0 Å². The predicted octanol–water partition coefficient (Wildman–Crippen LogP) is 0.690. The van der Waals surface area contributed by atoms with Gasteiger partial charge < -0.3 is 10.0 Å². The molecule has 0 saturated carbocycles. The van der Waals surface area contributed by atoms with Gasteiger partial charge in [-0.15, -0.1) is 0 Å². The van der Waals surface area contributed by atoms with Crippen molar-refractivity contribution in [2.75, 3.05) is 19.6 Å². The smallest absolute Gasteiger partial charge is 0.243 e. The van der Waals surface area contributed by atoms with E-state index in [1.165, 1.54) is 12.1 Å². The number of nitrogens with one attached hydrogen (secondary N) is 1. The summed E-state index contributed by atoms with van der Waals surface area (Å²) in [6.07, 6.45) is 1.97. The van der Waals surface area contributed by atoms with Crippen LogP contribution in [0.4, 0.5) is 4.39 Å². The molecular weight excluding hydrogens is 295 g/mol. The van der Waals surface area contributed by atoms with Crippen molar-refractivity contribution in [3.05, 3.63) is 29.6 Å². The first-order chi connectivity index (χ1) is 9.99. The standard InChI is InChI=1S/C14H19FN2O3S/c15-12-7-10(9-18)1-2-14(12)21(19,20)16-13-8-17-5-3-11(13)4-6-17/h1-2,7,11,13,16,18H,3-6,8-9H2. The van der Waals surface area contributed by atoms with E-state index in [0.717, 1.165) is 32.0 Å². The SMILES string of the molecule is O=S(=O)(NC1CN2CCC1CC2)c1ccc(CO)cc1F. The van der Waals surface area contributed by atoms with Crippen molar-refractivity contribution >= 4 is 10.0 Å². The molecule has 4 rings (SSSR count). The largest absolute Gasteiger partial charge is 0.392 e. The van der Waals surface area contributed by atoms with E-state index >= 15 is 0 Å². The summed E-state index contributed by atoms with van der Waals surface area (Å²) >= 11 is 0. The highest BCUT2D eigenvalue weighted by molar-refractivity contribution is 7.89. The summed E-state index contributed by atoms with van der Waals surface area (Å²) in [6, 6.07) is 3.55. The van der Waals surface area contributed by atoms with Gasteiger partial charge in [0.25, 0.3) is 0 Å². The van der Waals surface area contributed by atoms with E-state index in [-0.39, 0.29) is 17.5 Å². The van der Waals surface area contributed by atoms with Crippen LogP contribution >= 0.6 is 0 Å². The maximum absolute atomic E-state index is 13.9. The summed E-state index contributed by atoms with van der Waals surface area (Å²) < 4.78 is 41.3. The fraction of sp³-hybridized carbons (Fsp3) is 0.571. The van der Waals surface area contributed by atoms with Gasteiger partial charge in [-0.3, -0.25) is 0 Å². The van der Waals surface area contributed by atoms with Gasteiger partial charge in [-0.05, 0) is 49.5 Å². The maximum atomic E-state index is 13.9. The molecule has 0 amide bonds. The van der Waals surface area contributed by atoms with Crippen LogP contribution in [0.15, 0.2) is 23.1 Å². The van der Waals surface area contributed by atoms with E-state index in [4.69, 9.17) is 5.11 Å². The van der Waals surface area contributed by atoms with Gasteiger partial charge in [0.2, 0.25) is 10.0 Å². The third-order valence-electron chi connectivity index (χ3n) is 4.43. The van der Waals surface area contributed by atoms with E-state index < -0.39 is 15.8 Å². The van der Waals surface area contributed by atoms with Crippen LogP contribution in [0.2, 0.25) is 0 Å². The molecule has 21 heavy (non-hydrogen) atoms. The Hall–Kier alpha value is -1.02. The van der Waals surface area contributed by atoms with Gasteiger partial charge in [0.05, 0.1) is 6.61 Å². The molecule has 5 nitrogen and oxygen atoms in total. The van der Waals surface area contributed by atoms with Crippen LogP contribution in [0.5, 0.6) is 0 Å². The molecule has 0 aliphatic carbocycles. The lowest BCUT2D eigenvalue weighted by atomic mass is 9.85. The van der Waals surface area contributed by atoms with E-state index in [9.17, 15) is 12.8 Å². The van der Waals surface area contributed by atoms with Crippen molar-refractivity contribution in [3.63, 3.8) is 0 Å². The Labute approximate surface area is 123 Å². The number of benzene rings is 1. The Morgan fingerprint density at radius 3 is 2.57 bits per heavy atom. The molecular formula is C14H19FN2O3S. The molecule has 2 N–H and O–H groups in total. The lowest BCUT2D eigenvalue weighted by Gasteiger charge is -2.44. The molecule has 1 aromatic rings. The topological polar surface area (TPSA) is 69.6 Å². The lowest BCUT2D eigenvalue weighted by molar-refractivity contribution is 0.0827. The number of aliphatic hydroxyl groups is 1. The Balaban J connectivity index is 1.81. The van der Waals surface area contributed by atoms with E-state index in [0.29, 0.717) is 18.0 Å². The third kappa shape index (κ3) is 2.96. The summed E-state index contributed by atoms with van der Waals surface area (Å²) in [5.74, 6) is -0.486. The fourth-order valence-electron chi connectivity index (χ4n) is 3.22. The maximum Gasteiger partial charge on any atom is 0.243 e. The Kier molecular flexibility index (Phi) is 4.00.